The van der Waals surface area contributed by atoms with Gasteiger partial charge >= 0.3 is 0 Å². The van der Waals surface area contributed by atoms with Gasteiger partial charge in [-0.05, 0) is 25.7 Å². The number of piperidine rings is 1. The van der Waals surface area contributed by atoms with Gasteiger partial charge in [0.15, 0.2) is 0 Å². The maximum Gasteiger partial charge on any atom is 0.257 e. The lowest BCUT2D eigenvalue weighted by molar-refractivity contribution is -0.121. The zero-order valence-electron chi connectivity index (χ0n) is 14.7. The summed E-state index contributed by atoms with van der Waals surface area (Å²) in [5, 5.41) is 0. The Morgan fingerprint density at radius 1 is 1.24 bits per heavy atom. The summed E-state index contributed by atoms with van der Waals surface area (Å²) in [6, 6.07) is 1.71. The first kappa shape index (κ1) is 18.1. The summed E-state index contributed by atoms with van der Waals surface area (Å²) in [5.74, 6) is 2.01. The molecule has 0 radical (unpaired) electrons. The summed E-state index contributed by atoms with van der Waals surface area (Å²) in [6.07, 6.45) is 7.09. The lowest BCUT2D eigenvalue weighted by atomic mass is 9.96. The van der Waals surface area contributed by atoms with Crippen molar-refractivity contribution < 1.29 is 13.7 Å². The molecule has 2 aliphatic heterocycles. The van der Waals surface area contributed by atoms with Crippen molar-refractivity contribution in [1.82, 2.24) is 9.97 Å². The molecular weight excluding hydrogens is 340 g/mol. The van der Waals surface area contributed by atoms with Crippen LogP contribution in [-0.4, -0.2) is 51.8 Å². The first-order valence-electron chi connectivity index (χ1n) is 8.98. The number of carbonyl (C=O) groups is 1. The molecular formula is C17H26N4O3S. The van der Waals surface area contributed by atoms with Crippen molar-refractivity contribution >= 4 is 21.6 Å². The average Bonchev–Trinajstić information content (AvgIpc) is 2.86. The van der Waals surface area contributed by atoms with Gasteiger partial charge in [-0.25, -0.2) is 9.19 Å². The maximum absolute atomic E-state index is 12.8. The highest BCUT2D eigenvalue weighted by Gasteiger charge is 2.27. The van der Waals surface area contributed by atoms with E-state index in [0.717, 1.165) is 25.7 Å². The van der Waals surface area contributed by atoms with Gasteiger partial charge in [-0.2, -0.15) is 9.35 Å². The fraction of sp³-hybridized carbons (Fsp3) is 0.706. The Labute approximate surface area is 149 Å². The second-order valence-corrected chi connectivity index (χ2v) is 9.23. The quantitative estimate of drug-likeness (QED) is 0.816. The molecule has 0 atom stereocenters. The number of aromatic nitrogens is 2. The Morgan fingerprint density at radius 3 is 2.56 bits per heavy atom. The van der Waals surface area contributed by atoms with Crippen molar-refractivity contribution in [3.8, 4) is 5.88 Å². The monoisotopic (exact) mass is 366 g/mol. The van der Waals surface area contributed by atoms with Crippen molar-refractivity contribution in [1.29, 1.82) is 0 Å². The summed E-state index contributed by atoms with van der Waals surface area (Å²) in [5.41, 5.74) is 0. The fourth-order valence-corrected chi connectivity index (χ4v) is 5.54. The number of methoxy groups -OCH3 is 1. The first-order valence-corrected chi connectivity index (χ1v) is 10.8. The van der Waals surface area contributed by atoms with Gasteiger partial charge in [0.25, 0.3) is 5.91 Å². The zero-order chi connectivity index (χ0) is 17.7. The molecule has 0 aliphatic carbocycles. The molecule has 138 valence electrons. The number of hydrogen-bond acceptors (Lipinski definition) is 6. The summed E-state index contributed by atoms with van der Waals surface area (Å²) in [7, 11) is -0.753. The van der Waals surface area contributed by atoms with Gasteiger partial charge in [0.2, 0.25) is 11.8 Å². The molecule has 1 aromatic rings. The molecule has 0 unspecified atom stereocenters. The highest BCUT2D eigenvalue weighted by atomic mass is 32.2. The Bertz CT molecular complexity index is 708. The fourth-order valence-electron chi connectivity index (χ4n) is 3.37. The van der Waals surface area contributed by atoms with Gasteiger partial charge in [-0.1, -0.05) is 12.8 Å². The Hall–Kier alpha value is -1.70. The second kappa shape index (κ2) is 8.12. The van der Waals surface area contributed by atoms with Crippen LogP contribution >= 0.6 is 0 Å². The Kier molecular flexibility index (Phi) is 5.88. The molecule has 2 aliphatic rings. The van der Waals surface area contributed by atoms with Crippen molar-refractivity contribution in [3.05, 3.63) is 12.3 Å². The minimum Gasteiger partial charge on any atom is -0.481 e. The standard InChI is InChI=1S/C17H26N4O3S/c1-24-15-6-9-18-17(19-15)21-10-7-14(8-11-21)16(22)20-25(23)12-4-2-3-5-13-25/h6,9,14H,2-5,7-8,10-13H2,1H3. The second-order valence-electron chi connectivity index (χ2n) is 6.68. The lowest BCUT2D eigenvalue weighted by Crippen LogP contribution is -2.37. The molecule has 0 spiro atoms. The molecule has 1 amide bonds. The van der Waals surface area contributed by atoms with Crippen molar-refractivity contribution in [3.63, 3.8) is 0 Å². The van der Waals surface area contributed by atoms with Crippen LogP contribution in [0.15, 0.2) is 16.6 Å². The van der Waals surface area contributed by atoms with Crippen LogP contribution in [0.1, 0.15) is 38.5 Å². The molecule has 0 bridgehead atoms. The number of anilines is 1. The Balaban J connectivity index is 1.61. The summed E-state index contributed by atoms with van der Waals surface area (Å²) < 4.78 is 22.1. The van der Waals surface area contributed by atoms with E-state index >= 15 is 0 Å². The maximum atomic E-state index is 12.8. The van der Waals surface area contributed by atoms with Crippen molar-refractivity contribution in [2.24, 2.45) is 10.3 Å². The third-order valence-corrected chi connectivity index (χ3v) is 7.25. The molecule has 8 heteroatoms. The van der Waals surface area contributed by atoms with E-state index < -0.39 is 9.73 Å². The van der Waals surface area contributed by atoms with Crippen LogP contribution in [-0.2, 0) is 14.5 Å². The highest BCUT2D eigenvalue weighted by molar-refractivity contribution is 7.93. The summed E-state index contributed by atoms with van der Waals surface area (Å²) in [6.45, 7) is 1.39. The number of carbonyl (C=O) groups excluding carboxylic acids is 1. The van der Waals surface area contributed by atoms with Gasteiger partial charge in [0, 0.05) is 42.8 Å². The molecule has 2 fully saturated rings. The average molecular weight is 366 g/mol. The summed E-state index contributed by atoms with van der Waals surface area (Å²) in [4.78, 5) is 23.2. The van der Waals surface area contributed by atoms with E-state index in [1.807, 2.05) is 0 Å². The molecule has 2 saturated heterocycles. The number of ether oxygens (including phenoxy) is 1. The van der Waals surface area contributed by atoms with Crippen LogP contribution in [0.3, 0.4) is 0 Å². The van der Waals surface area contributed by atoms with E-state index in [0.29, 0.717) is 49.3 Å². The molecule has 0 aromatic carbocycles. The first-order chi connectivity index (χ1) is 12.1. The van der Waals surface area contributed by atoms with E-state index in [1.165, 1.54) is 0 Å². The molecule has 7 nitrogen and oxygen atoms in total. The van der Waals surface area contributed by atoms with Gasteiger partial charge in [-0.3, -0.25) is 4.79 Å². The van der Waals surface area contributed by atoms with Crippen LogP contribution in [0.25, 0.3) is 0 Å². The third kappa shape index (κ3) is 4.68. The topological polar surface area (TPSA) is 84.8 Å². The predicted octanol–water partition coefficient (Wildman–Crippen LogP) is 2.27. The van der Waals surface area contributed by atoms with Gasteiger partial charge in [0.05, 0.1) is 16.8 Å². The van der Waals surface area contributed by atoms with E-state index in [2.05, 4.69) is 19.2 Å². The highest BCUT2D eigenvalue weighted by Crippen LogP contribution is 2.24. The zero-order valence-corrected chi connectivity index (χ0v) is 15.5. The van der Waals surface area contributed by atoms with Gasteiger partial charge in [0.1, 0.15) is 0 Å². The van der Waals surface area contributed by atoms with Gasteiger partial charge < -0.3 is 9.64 Å². The van der Waals surface area contributed by atoms with Crippen LogP contribution in [0.2, 0.25) is 0 Å². The third-order valence-electron chi connectivity index (χ3n) is 4.89. The molecule has 0 saturated carbocycles. The van der Waals surface area contributed by atoms with E-state index in [4.69, 9.17) is 4.74 Å². The predicted molar refractivity (Wildman–Crippen MR) is 97.3 cm³/mol. The number of amides is 1. The normalized spacial score (nSPS) is 21.4. The van der Waals surface area contributed by atoms with Crippen molar-refractivity contribution in [2.45, 2.75) is 38.5 Å². The number of rotatable bonds is 3. The molecule has 3 rings (SSSR count). The van der Waals surface area contributed by atoms with Crippen molar-refractivity contribution in [2.75, 3.05) is 36.6 Å². The Morgan fingerprint density at radius 2 is 1.92 bits per heavy atom. The smallest absolute Gasteiger partial charge is 0.257 e. The minimum atomic E-state index is -2.33. The van der Waals surface area contributed by atoms with Gasteiger partial charge in [-0.15, -0.1) is 0 Å². The summed E-state index contributed by atoms with van der Waals surface area (Å²) >= 11 is 0. The van der Waals surface area contributed by atoms with E-state index in [1.54, 1.807) is 19.4 Å². The molecule has 1 aromatic heterocycles. The SMILES string of the molecule is COc1ccnc(N2CCC(C(=O)N=S3(=O)CCCCCC3)CC2)n1. The largest absolute Gasteiger partial charge is 0.481 e. The van der Waals surface area contributed by atoms with Crippen LogP contribution in [0, 0.1) is 5.92 Å². The van der Waals surface area contributed by atoms with E-state index in [9.17, 15) is 9.00 Å². The lowest BCUT2D eigenvalue weighted by Gasteiger charge is -2.30. The van der Waals surface area contributed by atoms with Crippen LogP contribution in [0.4, 0.5) is 5.95 Å². The molecule has 3 heterocycles. The molecule has 0 N–H and O–H groups in total. The van der Waals surface area contributed by atoms with E-state index in [-0.39, 0.29) is 11.8 Å². The van der Waals surface area contributed by atoms with Crippen LogP contribution in [0.5, 0.6) is 5.88 Å². The number of hydrogen-bond donors (Lipinski definition) is 0. The number of nitrogens with zero attached hydrogens (tertiary/aromatic N) is 4. The van der Waals surface area contributed by atoms with Crippen LogP contribution < -0.4 is 9.64 Å². The minimum absolute atomic E-state index is 0.136. The molecule has 25 heavy (non-hydrogen) atoms.